The van der Waals surface area contributed by atoms with Crippen molar-refractivity contribution in [2.75, 3.05) is 5.32 Å². The fourth-order valence-corrected chi connectivity index (χ4v) is 3.09. The van der Waals surface area contributed by atoms with Crippen molar-refractivity contribution in [1.29, 1.82) is 0 Å². The molecule has 30 heavy (non-hydrogen) atoms. The highest BCUT2D eigenvalue weighted by Gasteiger charge is 2.23. The predicted octanol–water partition coefficient (Wildman–Crippen LogP) is 3.09. The predicted molar refractivity (Wildman–Crippen MR) is 115 cm³/mol. The third-order valence-corrected chi connectivity index (χ3v) is 4.86. The van der Waals surface area contributed by atoms with Crippen LogP contribution in [0.4, 0.5) is 5.69 Å². The van der Waals surface area contributed by atoms with Gasteiger partial charge in [0.2, 0.25) is 5.91 Å². The lowest BCUT2D eigenvalue weighted by Gasteiger charge is -2.09. The molecule has 8 heteroatoms. The van der Waals surface area contributed by atoms with Crippen LogP contribution >= 0.6 is 11.6 Å². The number of benzene rings is 2. The van der Waals surface area contributed by atoms with Crippen molar-refractivity contribution < 1.29 is 9.59 Å². The van der Waals surface area contributed by atoms with Crippen molar-refractivity contribution in [3.63, 3.8) is 0 Å². The molecule has 0 spiro atoms. The molecule has 0 saturated heterocycles. The van der Waals surface area contributed by atoms with Crippen LogP contribution in [0, 0.1) is 0 Å². The van der Waals surface area contributed by atoms with E-state index in [1.54, 1.807) is 48.5 Å². The Labute approximate surface area is 177 Å². The topological polar surface area (TPSA) is 93.1 Å². The Balaban J connectivity index is 1.43. The van der Waals surface area contributed by atoms with Gasteiger partial charge in [-0.2, -0.15) is 5.10 Å². The van der Waals surface area contributed by atoms with Gasteiger partial charge in [-0.3, -0.25) is 14.4 Å². The number of aromatic nitrogens is 2. The summed E-state index contributed by atoms with van der Waals surface area (Å²) < 4.78 is 1.10. The first-order chi connectivity index (χ1) is 14.5. The standard InChI is InChI=1S/C22H19ClN4O3/c23-16-3-1-2-15(12-16)19-10-11-21(29)27(26-19)13-20(28)24-17-6-4-14(5-7-17)22(30)25-18-8-9-18/h1-7,10-12,18H,8-9,13H2,(H,24,28)(H,25,30). The van der Waals surface area contributed by atoms with Crippen molar-refractivity contribution >= 4 is 29.1 Å². The first-order valence-electron chi connectivity index (χ1n) is 9.53. The SMILES string of the molecule is O=C(Cn1nc(-c2cccc(Cl)c2)ccc1=O)Nc1ccc(C(=O)NC2CC2)cc1. The number of carbonyl (C=O) groups excluding carboxylic acids is 2. The average Bonchev–Trinajstić information content (AvgIpc) is 3.54. The van der Waals surface area contributed by atoms with Gasteiger partial charge >= 0.3 is 0 Å². The summed E-state index contributed by atoms with van der Waals surface area (Å²) in [5.74, 6) is -0.521. The lowest BCUT2D eigenvalue weighted by atomic mass is 10.1. The van der Waals surface area contributed by atoms with Crippen LogP contribution in [0.25, 0.3) is 11.3 Å². The molecular formula is C22H19ClN4O3. The zero-order chi connectivity index (χ0) is 21.1. The van der Waals surface area contributed by atoms with Crippen LogP contribution in [-0.4, -0.2) is 27.6 Å². The number of carbonyl (C=O) groups is 2. The molecule has 7 nitrogen and oxygen atoms in total. The average molecular weight is 423 g/mol. The Bertz CT molecular complexity index is 1150. The second-order valence-electron chi connectivity index (χ2n) is 7.10. The van der Waals surface area contributed by atoms with E-state index < -0.39 is 5.91 Å². The van der Waals surface area contributed by atoms with Gasteiger partial charge in [0, 0.05) is 33.9 Å². The summed E-state index contributed by atoms with van der Waals surface area (Å²) in [6.07, 6.45) is 2.04. The number of amides is 2. The number of nitrogens with zero attached hydrogens (tertiary/aromatic N) is 2. The molecule has 1 saturated carbocycles. The molecule has 1 heterocycles. The van der Waals surface area contributed by atoms with Gasteiger partial charge in [-0.15, -0.1) is 0 Å². The maximum absolute atomic E-state index is 12.4. The van der Waals surface area contributed by atoms with Gasteiger partial charge in [-0.05, 0) is 55.3 Å². The second kappa shape index (κ2) is 8.51. The molecule has 0 aliphatic heterocycles. The molecule has 1 aromatic heterocycles. The van der Waals surface area contributed by atoms with Gasteiger partial charge in [-0.1, -0.05) is 23.7 Å². The highest BCUT2D eigenvalue weighted by atomic mass is 35.5. The van der Waals surface area contributed by atoms with E-state index >= 15 is 0 Å². The van der Waals surface area contributed by atoms with Crippen LogP contribution in [0.3, 0.4) is 0 Å². The minimum Gasteiger partial charge on any atom is -0.349 e. The number of rotatable bonds is 6. The molecule has 2 N–H and O–H groups in total. The number of nitrogens with one attached hydrogen (secondary N) is 2. The maximum Gasteiger partial charge on any atom is 0.267 e. The van der Waals surface area contributed by atoms with Crippen molar-refractivity contribution in [2.24, 2.45) is 0 Å². The summed E-state index contributed by atoms with van der Waals surface area (Å²) in [5, 5.41) is 10.4. The van der Waals surface area contributed by atoms with Crippen LogP contribution in [0.15, 0.2) is 65.5 Å². The van der Waals surface area contributed by atoms with Crippen molar-refractivity contribution in [2.45, 2.75) is 25.4 Å². The van der Waals surface area contributed by atoms with E-state index in [4.69, 9.17) is 11.6 Å². The fraction of sp³-hybridized carbons (Fsp3) is 0.182. The van der Waals surface area contributed by atoms with Gasteiger partial charge in [0.15, 0.2) is 0 Å². The summed E-state index contributed by atoms with van der Waals surface area (Å²) >= 11 is 6.01. The zero-order valence-electron chi connectivity index (χ0n) is 16.0. The van der Waals surface area contributed by atoms with Crippen LogP contribution < -0.4 is 16.2 Å². The minimum absolute atomic E-state index is 0.121. The highest BCUT2D eigenvalue weighted by Crippen LogP contribution is 2.20. The number of halogens is 1. The van der Waals surface area contributed by atoms with E-state index in [-0.39, 0.29) is 24.1 Å². The summed E-state index contributed by atoms with van der Waals surface area (Å²) in [6, 6.07) is 16.9. The number of hydrogen-bond donors (Lipinski definition) is 2. The normalized spacial score (nSPS) is 13.0. The smallest absolute Gasteiger partial charge is 0.267 e. The van der Waals surface area contributed by atoms with Crippen LogP contribution in [0.1, 0.15) is 23.2 Å². The van der Waals surface area contributed by atoms with E-state index in [1.165, 1.54) is 6.07 Å². The third kappa shape index (κ3) is 4.93. The summed E-state index contributed by atoms with van der Waals surface area (Å²) in [4.78, 5) is 36.5. The minimum atomic E-state index is -0.400. The summed E-state index contributed by atoms with van der Waals surface area (Å²) in [6.45, 7) is -0.239. The highest BCUT2D eigenvalue weighted by molar-refractivity contribution is 6.30. The van der Waals surface area contributed by atoms with Crippen molar-refractivity contribution in [3.05, 3.63) is 81.6 Å². The molecule has 1 aliphatic rings. The molecular weight excluding hydrogens is 404 g/mol. The van der Waals surface area contributed by atoms with E-state index in [0.717, 1.165) is 23.1 Å². The molecule has 1 aliphatic carbocycles. The first kappa shape index (κ1) is 19.8. The van der Waals surface area contributed by atoms with Crippen LogP contribution in [0.2, 0.25) is 5.02 Å². The maximum atomic E-state index is 12.4. The van der Waals surface area contributed by atoms with Gasteiger partial charge in [0.1, 0.15) is 6.54 Å². The Morgan fingerprint density at radius 2 is 1.83 bits per heavy atom. The van der Waals surface area contributed by atoms with Gasteiger partial charge in [-0.25, -0.2) is 4.68 Å². The monoisotopic (exact) mass is 422 g/mol. The molecule has 2 amide bonds. The molecule has 0 radical (unpaired) electrons. The van der Waals surface area contributed by atoms with Crippen LogP contribution in [0.5, 0.6) is 0 Å². The summed E-state index contributed by atoms with van der Waals surface area (Å²) in [5.41, 5.74) is 1.96. The summed E-state index contributed by atoms with van der Waals surface area (Å²) in [7, 11) is 0. The molecule has 2 aromatic carbocycles. The Kier molecular flexibility index (Phi) is 5.63. The lowest BCUT2D eigenvalue weighted by Crippen LogP contribution is -2.29. The molecule has 152 valence electrons. The largest absolute Gasteiger partial charge is 0.349 e. The lowest BCUT2D eigenvalue weighted by molar-refractivity contribution is -0.117. The molecule has 4 rings (SSSR count). The molecule has 1 fully saturated rings. The van der Waals surface area contributed by atoms with Crippen molar-refractivity contribution in [1.82, 2.24) is 15.1 Å². The van der Waals surface area contributed by atoms with E-state index in [2.05, 4.69) is 15.7 Å². The van der Waals surface area contributed by atoms with E-state index in [0.29, 0.717) is 22.0 Å². The second-order valence-corrected chi connectivity index (χ2v) is 7.53. The number of hydrogen-bond acceptors (Lipinski definition) is 4. The van der Waals surface area contributed by atoms with Crippen molar-refractivity contribution in [3.8, 4) is 11.3 Å². The molecule has 0 bridgehead atoms. The Hall–Kier alpha value is -3.45. The zero-order valence-corrected chi connectivity index (χ0v) is 16.7. The molecule has 0 atom stereocenters. The fourth-order valence-electron chi connectivity index (χ4n) is 2.90. The van der Waals surface area contributed by atoms with E-state index in [1.807, 2.05) is 6.07 Å². The van der Waals surface area contributed by atoms with Gasteiger partial charge in [0.05, 0.1) is 5.69 Å². The quantitative estimate of drug-likeness (QED) is 0.638. The molecule has 3 aromatic rings. The third-order valence-electron chi connectivity index (χ3n) is 4.62. The van der Waals surface area contributed by atoms with Gasteiger partial charge < -0.3 is 10.6 Å². The first-order valence-corrected chi connectivity index (χ1v) is 9.90. The van der Waals surface area contributed by atoms with E-state index in [9.17, 15) is 14.4 Å². The number of anilines is 1. The van der Waals surface area contributed by atoms with Crippen LogP contribution in [-0.2, 0) is 11.3 Å². The molecule has 0 unspecified atom stereocenters. The Morgan fingerprint density at radius 1 is 1.07 bits per heavy atom. The Morgan fingerprint density at radius 3 is 2.53 bits per heavy atom. The van der Waals surface area contributed by atoms with Gasteiger partial charge in [0.25, 0.3) is 11.5 Å².